The molecule has 8 heteroatoms. The van der Waals surface area contributed by atoms with Crippen molar-refractivity contribution in [3.63, 3.8) is 0 Å². The molecule has 2 heterocycles. The molecule has 0 radical (unpaired) electrons. The van der Waals surface area contributed by atoms with E-state index in [9.17, 15) is 19.8 Å². The smallest absolute Gasteiger partial charge is 0.330 e. The fourth-order valence-corrected chi connectivity index (χ4v) is 2.84. The number of hydrogen-bond donors (Lipinski definition) is 4. The number of nitrogens with zero attached hydrogens (tertiary/aromatic N) is 1. The van der Waals surface area contributed by atoms with Gasteiger partial charge in [-0.3, -0.25) is 14.3 Å². The van der Waals surface area contributed by atoms with Crippen LogP contribution in [0, 0.1) is 0 Å². The fraction of sp³-hybridized carbons (Fsp3) is 0.375. The van der Waals surface area contributed by atoms with Crippen LogP contribution in [0.1, 0.15) is 11.8 Å². The van der Waals surface area contributed by atoms with Crippen molar-refractivity contribution in [3.05, 3.63) is 69.0 Å². The third kappa shape index (κ3) is 3.31. The summed E-state index contributed by atoms with van der Waals surface area (Å²) < 4.78 is 6.72. The summed E-state index contributed by atoms with van der Waals surface area (Å²) in [6.45, 7) is 0.174. The maximum Gasteiger partial charge on any atom is 0.330 e. The Morgan fingerprint density at radius 2 is 1.96 bits per heavy atom. The number of hydrogen-bond acceptors (Lipinski definition) is 6. The molecule has 0 unspecified atom stereocenters. The topological polar surface area (TPSA) is 117 Å². The number of aromatic nitrogens is 2. The highest BCUT2D eigenvalue weighted by Gasteiger charge is 2.44. The highest BCUT2D eigenvalue weighted by Crippen LogP contribution is 2.28. The van der Waals surface area contributed by atoms with Gasteiger partial charge in [0, 0.05) is 18.8 Å². The predicted octanol–water partition coefficient (Wildman–Crippen LogP) is -1.05. The van der Waals surface area contributed by atoms with E-state index < -0.39 is 35.7 Å². The molecule has 1 saturated heterocycles. The number of H-pyrrole nitrogens is 1. The molecule has 3 rings (SSSR count). The molecule has 1 fully saturated rings. The molecule has 0 amide bonds. The predicted molar refractivity (Wildman–Crippen MR) is 85.4 cm³/mol. The van der Waals surface area contributed by atoms with E-state index in [1.165, 1.54) is 12.3 Å². The van der Waals surface area contributed by atoms with Crippen molar-refractivity contribution < 1.29 is 14.9 Å². The molecule has 128 valence electrons. The quantitative estimate of drug-likeness (QED) is 0.555. The van der Waals surface area contributed by atoms with Gasteiger partial charge in [-0.15, -0.1) is 0 Å². The third-order valence-corrected chi connectivity index (χ3v) is 4.06. The van der Waals surface area contributed by atoms with Crippen LogP contribution >= 0.6 is 0 Å². The lowest BCUT2D eigenvalue weighted by Crippen LogP contribution is -2.46. The molecular formula is C16H19N3O5. The fourth-order valence-electron chi connectivity index (χ4n) is 2.84. The van der Waals surface area contributed by atoms with Crippen LogP contribution in [0.4, 0.5) is 0 Å². The largest absolute Gasteiger partial charge is 0.394 e. The average Bonchev–Trinajstić information content (AvgIpc) is 2.90. The monoisotopic (exact) mass is 333 g/mol. The molecule has 0 saturated carbocycles. The summed E-state index contributed by atoms with van der Waals surface area (Å²) in [4.78, 5) is 25.2. The van der Waals surface area contributed by atoms with Crippen LogP contribution in [0.2, 0.25) is 0 Å². The lowest BCUT2D eigenvalue weighted by atomic mass is 10.1. The van der Waals surface area contributed by atoms with Gasteiger partial charge in [0.2, 0.25) is 0 Å². The number of rotatable bonds is 5. The zero-order chi connectivity index (χ0) is 17.1. The number of nitrogens with one attached hydrogen (secondary N) is 2. The van der Waals surface area contributed by atoms with Crippen LogP contribution in [0.3, 0.4) is 0 Å². The Bertz CT molecular complexity index is 788. The maximum absolute atomic E-state index is 11.9. The molecule has 4 atom stereocenters. The Balaban J connectivity index is 1.78. The minimum absolute atomic E-state index is 0.307. The van der Waals surface area contributed by atoms with Gasteiger partial charge in [0.25, 0.3) is 5.56 Å². The van der Waals surface area contributed by atoms with Gasteiger partial charge in [-0.25, -0.2) is 4.79 Å². The van der Waals surface area contributed by atoms with E-state index in [0.717, 1.165) is 10.1 Å². The molecule has 0 bridgehead atoms. The molecule has 4 N–H and O–H groups in total. The summed E-state index contributed by atoms with van der Waals surface area (Å²) in [7, 11) is 0. The molecule has 0 spiro atoms. The second-order valence-corrected chi connectivity index (χ2v) is 5.65. The van der Waals surface area contributed by atoms with E-state index in [2.05, 4.69) is 10.3 Å². The van der Waals surface area contributed by atoms with Crippen molar-refractivity contribution >= 4 is 0 Å². The first kappa shape index (κ1) is 16.6. The van der Waals surface area contributed by atoms with Gasteiger partial charge in [-0.2, -0.15) is 0 Å². The molecule has 2 aromatic rings. The summed E-state index contributed by atoms with van der Waals surface area (Å²) in [6, 6.07) is 10.2. The Labute approximate surface area is 137 Å². The lowest BCUT2D eigenvalue weighted by Gasteiger charge is -2.21. The SMILES string of the molecule is O=c1ccn([C@@H]2O[C@H](CO)[C@H](NCc3ccccc3)[C@H]2O)c(=O)[nH]1. The Hall–Kier alpha value is -2.26. The number of benzene rings is 1. The lowest BCUT2D eigenvalue weighted by molar-refractivity contribution is -0.0533. The second kappa shape index (κ2) is 7.10. The number of aromatic amines is 1. The molecule has 1 aliphatic rings. The molecule has 8 nitrogen and oxygen atoms in total. The Morgan fingerprint density at radius 1 is 1.21 bits per heavy atom. The van der Waals surface area contributed by atoms with Crippen LogP contribution < -0.4 is 16.6 Å². The van der Waals surface area contributed by atoms with Crippen molar-refractivity contribution in [3.8, 4) is 0 Å². The molecule has 24 heavy (non-hydrogen) atoms. The minimum Gasteiger partial charge on any atom is -0.394 e. The van der Waals surface area contributed by atoms with Gasteiger partial charge in [0.15, 0.2) is 6.23 Å². The van der Waals surface area contributed by atoms with Gasteiger partial charge in [-0.05, 0) is 5.56 Å². The van der Waals surface area contributed by atoms with Gasteiger partial charge in [-0.1, -0.05) is 30.3 Å². The number of ether oxygens (including phenoxy) is 1. The van der Waals surface area contributed by atoms with Crippen LogP contribution in [-0.2, 0) is 11.3 Å². The highest BCUT2D eigenvalue weighted by molar-refractivity contribution is 5.14. The third-order valence-electron chi connectivity index (χ3n) is 4.06. The van der Waals surface area contributed by atoms with Crippen LogP contribution in [0.25, 0.3) is 0 Å². The van der Waals surface area contributed by atoms with Gasteiger partial charge < -0.3 is 20.3 Å². The molecular weight excluding hydrogens is 314 g/mol. The summed E-state index contributed by atoms with van der Waals surface area (Å²) in [5, 5.41) is 23.2. The van der Waals surface area contributed by atoms with E-state index in [4.69, 9.17) is 4.74 Å². The normalized spacial score (nSPS) is 26.6. The van der Waals surface area contributed by atoms with Crippen molar-refractivity contribution in [2.75, 3.05) is 6.61 Å². The van der Waals surface area contributed by atoms with E-state index >= 15 is 0 Å². The zero-order valence-electron chi connectivity index (χ0n) is 12.8. The van der Waals surface area contributed by atoms with Gasteiger partial charge in [0.05, 0.1) is 12.6 Å². The van der Waals surface area contributed by atoms with E-state index in [-0.39, 0.29) is 6.61 Å². The molecule has 0 aliphatic carbocycles. The average molecular weight is 333 g/mol. The van der Waals surface area contributed by atoms with E-state index in [0.29, 0.717) is 6.54 Å². The standard InChI is InChI=1S/C16H19N3O5/c20-9-11-13(17-8-10-4-2-1-3-5-10)14(22)15(24-11)19-7-6-12(21)18-16(19)23/h1-7,11,13-15,17,20,22H,8-9H2,(H,18,21,23)/t11-,13+,14-,15-/m1/s1. The summed E-state index contributed by atoms with van der Waals surface area (Å²) in [5.41, 5.74) is -0.181. The Morgan fingerprint density at radius 3 is 2.62 bits per heavy atom. The number of aliphatic hydroxyl groups excluding tert-OH is 2. The van der Waals surface area contributed by atoms with Crippen LogP contribution in [-0.4, -0.2) is 44.6 Å². The van der Waals surface area contributed by atoms with Crippen molar-refractivity contribution in [2.45, 2.75) is 31.0 Å². The summed E-state index contributed by atoms with van der Waals surface area (Å²) in [5.74, 6) is 0. The Kier molecular flexibility index (Phi) is 4.91. The number of aliphatic hydroxyl groups is 2. The molecule has 1 aromatic heterocycles. The molecule has 1 aliphatic heterocycles. The zero-order valence-corrected chi connectivity index (χ0v) is 12.8. The van der Waals surface area contributed by atoms with Gasteiger partial charge >= 0.3 is 5.69 Å². The van der Waals surface area contributed by atoms with E-state index in [1.54, 1.807) is 0 Å². The van der Waals surface area contributed by atoms with Crippen molar-refractivity contribution in [2.24, 2.45) is 0 Å². The highest BCUT2D eigenvalue weighted by atomic mass is 16.5. The molecule has 1 aromatic carbocycles. The first-order valence-corrected chi connectivity index (χ1v) is 7.63. The minimum atomic E-state index is -1.06. The first-order valence-electron chi connectivity index (χ1n) is 7.63. The van der Waals surface area contributed by atoms with Crippen molar-refractivity contribution in [1.82, 2.24) is 14.9 Å². The van der Waals surface area contributed by atoms with E-state index in [1.807, 2.05) is 30.3 Å². The second-order valence-electron chi connectivity index (χ2n) is 5.65. The first-order chi connectivity index (χ1) is 11.6. The summed E-state index contributed by atoms with van der Waals surface area (Å²) in [6.07, 6.45) is -1.45. The van der Waals surface area contributed by atoms with Gasteiger partial charge in [0.1, 0.15) is 12.2 Å². The van der Waals surface area contributed by atoms with Crippen LogP contribution in [0.15, 0.2) is 52.2 Å². The maximum atomic E-state index is 11.9. The van der Waals surface area contributed by atoms with Crippen molar-refractivity contribution in [1.29, 1.82) is 0 Å². The van der Waals surface area contributed by atoms with Crippen LogP contribution in [0.5, 0.6) is 0 Å². The summed E-state index contributed by atoms with van der Waals surface area (Å²) >= 11 is 0.